The lowest BCUT2D eigenvalue weighted by atomic mass is 9.45. The van der Waals surface area contributed by atoms with Gasteiger partial charge >= 0.3 is 0 Å². The van der Waals surface area contributed by atoms with Crippen LogP contribution in [0.25, 0.3) is 0 Å². The third-order valence-electron chi connectivity index (χ3n) is 4.35. The van der Waals surface area contributed by atoms with E-state index in [0.717, 1.165) is 5.92 Å². The third-order valence-corrected chi connectivity index (χ3v) is 4.35. The molecule has 4 saturated carbocycles. The van der Waals surface area contributed by atoms with Gasteiger partial charge in [0.15, 0.2) is 0 Å². The molecule has 0 aliphatic heterocycles. The molecule has 0 spiro atoms. The maximum Gasteiger partial charge on any atom is 0.0303 e. The van der Waals surface area contributed by atoms with Gasteiger partial charge in [-0.3, -0.25) is 0 Å². The Bertz CT molecular complexity index is 207. The second-order valence-corrected chi connectivity index (χ2v) is 6.38. The van der Waals surface area contributed by atoms with E-state index in [4.69, 9.17) is 1.37 Å². The van der Waals surface area contributed by atoms with Crippen LogP contribution in [0.5, 0.6) is 0 Å². The van der Waals surface area contributed by atoms with E-state index in [1.807, 2.05) is 0 Å². The first-order valence-corrected chi connectivity index (χ1v) is 5.41. The largest absolute Gasteiger partial charge is 0.0596 e. The zero-order chi connectivity index (χ0) is 9.32. The predicted molar refractivity (Wildman–Crippen MR) is 50.9 cm³/mol. The fraction of sp³-hybridized carbons (Fsp3) is 1.00. The van der Waals surface area contributed by atoms with Crippen molar-refractivity contribution in [3.05, 3.63) is 0 Å². The van der Waals surface area contributed by atoms with E-state index in [1.54, 1.807) is 0 Å². The molecule has 12 heavy (non-hydrogen) atoms. The summed E-state index contributed by atoms with van der Waals surface area (Å²) < 4.78 is 8.46. The molecular formula is C12H20. The van der Waals surface area contributed by atoms with Gasteiger partial charge in [-0.2, -0.15) is 0 Å². The summed E-state index contributed by atoms with van der Waals surface area (Å²) in [6.45, 7) is 4.86. The van der Waals surface area contributed by atoms with E-state index >= 15 is 0 Å². The highest BCUT2D eigenvalue weighted by atomic mass is 14.6. The molecule has 2 atom stereocenters. The average molecular weight is 165 g/mol. The van der Waals surface area contributed by atoms with Crippen molar-refractivity contribution in [1.82, 2.24) is 0 Å². The van der Waals surface area contributed by atoms with Gasteiger partial charge in [0, 0.05) is 1.37 Å². The summed E-state index contributed by atoms with van der Waals surface area (Å²) in [6.07, 6.45) is 7.82. The molecule has 0 aromatic rings. The van der Waals surface area contributed by atoms with Gasteiger partial charge in [0.2, 0.25) is 0 Å². The van der Waals surface area contributed by atoms with Crippen LogP contribution in [0.1, 0.15) is 53.7 Å². The quantitative estimate of drug-likeness (QED) is 0.514. The SMILES string of the molecule is [2H]C12CC3CC(C)(C1)CC(C)(C3)C2. The second kappa shape index (κ2) is 1.91. The van der Waals surface area contributed by atoms with Gasteiger partial charge < -0.3 is 0 Å². The fourth-order valence-electron chi connectivity index (χ4n) is 4.88. The molecule has 0 radical (unpaired) electrons. The lowest BCUT2D eigenvalue weighted by molar-refractivity contribution is -0.0920. The number of rotatable bonds is 0. The molecule has 0 aromatic carbocycles. The van der Waals surface area contributed by atoms with Crippen LogP contribution in [0.2, 0.25) is 0 Å². The normalized spacial score (nSPS) is 69.8. The Morgan fingerprint density at radius 3 is 2.08 bits per heavy atom. The van der Waals surface area contributed by atoms with Crippen LogP contribution < -0.4 is 0 Å². The van der Waals surface area contributed by atoms with Crippen LogP contribution in [0.15, 0.2) is 0 Å². The lowest BCUT2D eigenvalue weighted by Gasteiger charge is -2.60. The smallest absolute Gasteiger partial charge is 0.0303 e. The van der Waals surface area contributed by atoms with Gasteiger partial charge in [0.05, 0.1) is 0 Å². The molecular weight excluding hydrogens is 144 g/mol. The van der Waals surface area contributed by atoms with E-state index in [1.165, 1.54) is 38.5 Å². The van der Waals surface area contributed by atoms with Crippen LogP contribution in [0.4, 0.5) is 0 Å². The summed E-state index contributed by atoms with van der Waals surface area (Å²) in [7, 11) is 0. The molecule has 0 saturated heterocycles. The minimum atomic E-state index is -0.0249. The lowest BCUT2D eigenvalue weighted by Crippen LogP contribution is -2.49. The Morgan fingerprint density at radius 1 is 1.08 bits per heavy atom. The molecule has 4 rings (SSSR count). The summed E-state index contributed by atoms with van der Waals surface area (Å²) >= 11 is 0. The Morgan fingerprint density at radius 2 is 1.67 bits per heavy atom. The molecule has 0 heterocycles. The maximum absolute atomic E-state index is 8.46. The molecule has 68 valence electrons. The van der Waals surface area contributed by atoms with E-state index in [9.17, 15) is 0 Å². The monoisotopic (exact) mass is 165 g/mol. The minimum Gasteiger partial charge on any atom is -0.0596 e. The summed E-state index contributed by atoms with van der Waals surface area (Å²) in [5.74, 6) is 0.867. The van der Waals surface area contributed by atoms with Gasteiger partial charge in [-0.1, -0.05) is 13.8 Å². The van der Waals surface area contributed by atoms with E-state index in [2.05, 4.69) is 13.8 Å². The standard InChI is InChI=1S/C12H20/c1-11-4-9-3-10(5-11)7-12(2,6-9)8-11/h9-10H,3-8H2,1-2H3/i9D. The van der Waals surface area contributed by atoms with Crippen molar-refractivity contribution < 1.29 is 1.37 Å². The highest BCUT2D eigenvalue weighted by Gasteiger charge is 2.53. The van der Waals surface area contributed by atoms with E-state index in [-0.39, 0.29) is 5.89 Å². The van der Waals surface area contributed by atoms with Gasteiger partial charge in [-0.15, -0.1) is 0 Å². The molecule has 0 nitrogen and oxygen atoms in total. The fourth-order valence-corrected chi connectivity index (χ4v) is 4.88. The van der Waals surface area contributed by atoms with Crippen LogP contribution in [-0.2, 0) is 0 Å². The van der Waals surface area contributed by atoms with Crippen molar-refractivity contribution in [1.29, 1.82) is 0 Å². The van der Waals surface area contributed by atoms with E-state index < -0.39 is 0 Å². The van der Waals surface area contributed by atoms with Crippen LogP contribution in [0, 0.1) is 22.6 Å². The van der Waals surface area contributed by atoms with Gasteiger partial charge in [-0.05, 0) is 61.2 Å². The predicted octanol–water partition coefficient (Wildman–Crippen LogP) is 3.61. The minimum absolute atomic E-state index is 0.0249. The molecule has 4 aliphatic carbocycles. The number of hydrogen-bond donors (Lipinski definition) is 0. The van der Waals surface area contributed by atoms with Gasteiger partial charge in [-0.25, -0.2) is 0 Å². The highest BCUT2D eigenvalue weighted by molar-refractivity contribution is 5.04. The number of hydrogen-bond acceptors (Lipinski definition) is 0. The van der Waals surface area contributed by atoms with Crippen LogP contribution in [0.3, 0.4) is 0 Å². The Hall–Kier alpha value is 0. The van der Waals surface area contributed by atoms with Crippen molar-refractivity contribution in [3.63, 3.8) is 0 Å². The molecule has 0 N–H and O–H groups in total. The highest BCUT2D eigenvalue weighted by Crippen LogP contribution is 2.64. The van der Waals surface area contributed by atoms with Gasteiger partial charge in [0.25, 0.3) is 0 Å². The van der Waals surface area contributed by atoms with Crippen molar-refractivity contribution in [3.8, 4) is 0 Å². The first-order valence-electron chi connectivity index (χ1n) is 5.91. The molecule has 4 bridgehead atoms. The second-order valence-electron chi connectivity index (χ2n) is 6.38. The van der Waals surface area contributed by atoms with Gasteiger partial charge in [0.1, 0.15) is 0 Å². The zero-order valence-corrected chi connectivity index (χ0v) is 8.32. The first kappa shape index (κ1) is 6.45. The Labute approximate surface area is 77.1 Å². The van der Waals surface area contributed by atoms with Crippen molar-refractivity contribution in [2.75, 3.05) is 0 Å². The molecule has 2 unspecified atom stereocenters. The molecule has 4 fully saturated rings. The topological polar surface area (TPSA) is 0 Å². The van der Waals surface area contributed by atoms with E-state index in [0.29, 0.717) is 10.8 Å². The summed E-state index contributed by atoms with van der Waals surface area (Å²) in [4.78, 5) is 0. The summed E-state index contributed by atoms with van der Waals surface area (Å²) in [5, 5.41) is 0. The van der Waals surface area contributed by atoms with Crippen LogP contribution in [-0.4, -0.2) is 0 Å². The third kappa shape index (κ3) is 0.900. The van der Waals surface area contributed by atoms with Crippen molar-refractivity contribution in [2.45, 2.75) is 52.4 Å². The first-order chi connectivity index (χ1) is 5.91. The zero-order valence-electron chi connectivity index (χ0n) is 9.32. The van der Waals surface area contributed by atoms with Crippen molar-refractivity contribution >= 4 is 0 Å². The molecule has 4 aliphatic rings. The maximum atomic E-state index is 8.46. The average Bonchev–Trinajstić information content (AvgIpc) is 1.71. The summed E-state index contributed by atoms with van der Waals surface area (Å²) in [5.41, 5.74) is 1.08. The summed E-state index contributed by atoms with van der Waals surface area (Å²) in [6, 6.07) is 0. The molecule has 0 heteroatoms. The molecule has 0 aromatic heterocycles. The Balaban J connectivity index is 2.03. The molecule has 0 amide bonds. The van der Waals surface area contributed by atoms with Crippen LogP contribution >= 0.6 is 0 Å². The Kier molecular flexibility index (Phi) is 1.03. The van der Waals surface area contributed by atoms with Crippen molar-refractivity contribution in [2.24, 2.45) is 22.6 Å².